The van der Waals surface area contributed by atoms with Gasteiger partial charge in [-0.3, -0.25) is 4.90 Å². The second-order valence-corrected chi connectivity index (χ2v) is 6.30. The molecule has 2 fully saturated rings. The van der Waals surface area contributed by atoms with Gasteiger partial charge in [-0.25, -0.2) is 4.79 Å². The highest BCUT2D eigenvalue weighted by molar-refractivity contribution is 5.72. The second-order valence-electron chi connectivity index (χ2n) is 6.30. The van der Waals surface area contributed by atoms with E-state index < -0.39 is 5.60 Å². The lowest BCUT2D eigenvalue weighted by Crippen LogP contribution is -2.73. The molecular weight excluding hydrogens is 216 g/mol. The molecule has 2 saturated heterocycles. The Balaban J connectivity index is 2.12. The molecule has 0 spiro atoms. The van der Waals surface area contributed by atoms with Crippen LogP contribution in [0.3, 0.4) is 0 Å². The smallest absolute Gasteiger partial charge is 0.410 e. The van der Waals surface area contributed by atoms with Crippen LogP contribution >= 0.6 is 0 Å². The highest BCUT2D eigenvalue weighted by Gasteiger charge is 2.65. The van der Waals surface area contributed by atoms with Crippen molar-refractivity contribution in [1.29, 1.82) is 0 Å². The van der Waals surface area contributed by atoms with Gasteiger partial charge in [-0.2, -0.15) is 0 Å². The van der Waals surface area contributed by atoms with E-state index in [2.05, 4.69) is 18.8 Å². The summed E-state index contributed by atoms with van der Waals surface area (Å²) in [5, 5.41) is 3.34. The topological polar surface area (TPSA) is 41.6 Å². The van der Waals surface area contributed by atoms with Gasteiger partial charge >= 0.3 is 6.09 Å². The van der Waals surface area contributed by atoms with Crippen LogP contribution < -0.4 is 5.32 Å². The number of rotatable bonds is 1. The van der Waals surface area contributed by atoms with E-state index in [1.807, 2.05) is 31.7 Å². The second kappa shape index (κ2) is 3.48. The lowest BCUT2D eigenvalue weighted by molar-refractivity contribution is -0.0869. The Hall–Kier alpha value is -1.03. The summed E-state index contributed by atoms with van der Waals surface area (Å²) in [7, 11) is 0. The maximum absolute atomic E-state index is 12.1. The summed E-state index contributed by atoms with van der Waals surface area (Å²) in [6.45, 7) is 14.1. The highest BCUT2D eigenvalue weighted by atomic mass is 16.6. The Morgan fingerprint density at radius 1 is 1.47 bits per heavy atom. The number of nitrogens with one attached hydrogen (secondary N) is 1. The van der Waals surface area contributed by atoms with Gasteiger partial charge < -0.3 is 10.1 Å². The van der Waals surface area contributed by atoms with E-state index in [-0.39, 0.29) is 17.0 Å². The largest absolute Gasteiger partial charge is 0.444 e. The molecule has 4 nitrogen and oxygen atoms in total. The van der Waals surface area contributed by atoms with Crippen LogP contribution in [0.15, 0.2) is 12.7 Å². The molecule has 1 amide bonds. The number of carbonyl (C=O) groups is 1. The minimum atomic E-state index is -0.439. The molecule has 96 valence electrons. The number of hydrogen-bond acceptors (Lipinski definition) is 3. The molecule has 2 aliphatic rings. The molecule has 0 radical (unpaired) electrons. The maximum Gasteiger partial charge on any atom is 0.410 e. The molecular formula is C13H22N2O2. The van der Waals surface area contributed by atoms with Gasteiger partial charge in [-0.15, -0.1) is 6.58 Å². The van der Waals surface area contributed by atoms with Gasteiger partial charge in [0.1, 0.15) is 5.60 Å². The summed E-state index contributed by atoms with van der Waals surface area (Å²) < 4.78 is 5.43. The average molecular weight is 238 g/mol. The molecule has 4 heteroatoms. The number of hydrogen-bond donors (Lipinski definition) is 1. The summed E-state index contributed by atoms with van der Waals surface area (Å²) in [4.78, 5) is 13.9. The van der Waals surface area contributed by atoms with Crippen LogP contribution in [0.25, 0.3) is 0 Å². The Morgan fingerprint density at radius 2 is 2.12 bits per heavy atom. The number of carbonyl (C=O) groups excluding carboxylic acids is 1. The molecule has 1 N–H and O–H groups in total. The van der Waals surface area contributed by atoms with E-state index in [1.54, 1.807) is 0 Å². The number of likely N-dealkylation sites (tertiary alicyclic amines) is 1. The van der Waals surface area contributed by atoms with Crippen molar-refractivity contribution in [1.82, 2.24) is 10.2 Å². The van der Waals surface area contributed by atoms with Gasteiger partial charge in [0.2, 0.25) is 0 Å². The van der Waals surface area contributed by atoms with Crippen molar-refractivity contribution in [2.75, 3.05) is 19.6 Å². The lowest BCUT2D eigenvalue weighted by Gasteiger charge is -2.59. The monoisotopic (exact) mass is 238 g/mol. The number of nitrogens with zero attached hydrogens (tertiary/aromatic N) is 1. The van der Waals surface area contributed by atoms with E-state index in [0.29, 0.717) is 6.54 Å². The number of amides is 1. The maximum atomic E-state index is 12.1. The molecule has 2 aliphatic heterocycles. The van der Waals surface area contributed by atoms with Crippen LogP contribution in [0, 0.1) is 5.41 Å². The summed E-state index contributed by atoms with van der Waals surface area (Å²) in [6, 6.07) is 0. The molecule has 0 aliphatic carbocycles. The van der Waals surface area contributed by atoms with Crippen LogP contribution in [-0.2, 0) is 4.74 Å². The molecule has 17 heavy (non-hydrogen) atoms. The minimum Gasteiger partial charge on any atom is -0.444 e. The van der Waals surface area contributed by atoms with Gasteiger partial charge in [0.25, 0.3) is 0 Å². The van der Waals surface area contributed by atoms with E-state index in [4.69, 9.17) is 4.74 Å². The zero-order valence-electron chi connectivity index (χ0n) is 11.2. The summed E-state index contributed by atoms with van der Waals surface area (Å²) in [6.07, 6.45) is 1.76. The molecule has 2 heterocycles. The van der Waals surface area contributed by atoms with Crippen LogP contribution in [0.1, 0.15) is 27.7 Å². The predicted molar refractivity (Wildman–Crippen MR) is 66.8 cm³/mol. The van der Waals surface area contributed by atoms with Crippen molar-refractivity contribution < 1.29 is 9.53 Å². The fourth-order valence-electron chi connectivity index (χ4n) is 2.79. The molecule has 0 aromatic heterocycles. The fourth-order valence-corrected chi connectivity index (χ4v) is 2.79. The molecule has 0 unspecified atom stereocenters. The molecule has 0 aromatic rings. The van der Waals surface area contributed by atoms with Crippen LogP contribution in [-0.4, -0.2) is 41.8 Å². The minimum absolute atomic E-state index is 0.0178. The molecule has 0 saturated carbocycles. The number of fused-ring (bicyclic) bond motifs is 1. The summed E-state index contributed by atoms with van der Waals surface area (Å²) in [5.74, 6) is 0. The summed E-state index contributed by atoms with van der Waals surface area (Å²) >= 11 is 0. The van der Waals surface area contributed by atoms with Crippen molar-refractivity contribution in [3.8, 4) is 0 Å². The first-order valence-electron chi connectivity index (χ1n) is 6.09. The average Bonchev–Trinajstić information content (AvgIpc) is 2.40. The Kier molecular flexibility index (Phi) is 2.54. The van der Waals surface area contributed by atoms with Crippen LogP contribution in [0.5, 0.6) is 0 Å². The van der Waals surface area contributed by atoms with Crippen molar-refractivity contribution in [3.63, 3.8) is 0 Å². The molecule has 2 rings (SSSR count). The SMILES string of the molecule is C=C[C@]12CNC[C@@]1(C)N(C(=O)OC(C)(C)C)C2. The first-order valence-corrected chi connectivity index (χ1v) is 6.09. The van der Waals surface area contributed by atoms with Crippen molar-refractivity contribution in [2.24, 2.45) is 5.41 Å². The third-order valence-corrected chi connectivity index (χ3v) is 4.02. The highest BCUT2D eigenvalue weighted by Crippen LogP contribution is 2.50. The van der Waals surface area contributed by atoms with E-state index >= 15 is 0 Å². The van der Waals surface area contributed by atoms with E-state index in [1.165, 1.54) is 0 Å². The zero-order chi connectivity index (χ0) is 12.9. The van der Waals surface area contributed by atoms with Gasteiger partial charge in [0, 0.05) is 25.0 Å². The predicted octanol–water partition coefficient (Wildman–Crippen LogP) is 1.77. The van der Waals surface area contributed by atoms with Crippen LogP contribution in [0.2, 0.25) is 0 Å². The fraction of sp³-hybridized carbons (Fsp3) is 0.769. The Bertz CT molecular complexity index is 361. The molecule has 0 bridgehead atoms. The van der Waals surface area contributed by atoms with Crippen molar-refractivity contribution in [3.05, 3.63) is 12.7 Å². The summed E-state index contributed by atoms with van der Waals surface area (Å²) in [5.41, 5.74) is -0.604. The third-order valence-electron chi connectivity index (χ3n) is 4.02. The normalized spacial score (nSPS) is 36.1. The standard InChI is InChI=1S/C13H22N2O2/c1-6-13-8-14-7-12(13,5)15(9-13)10(16)17-11(2,3)4/h6,14H,1,7-9H2,2-5H3/t12-,13-/m1/s1. The first-order chi connectivity index (χ1) is 7.74. The number of ether oxygens (including phenoxy) is 1. The Labute approximate surface area is 103 Å². The quantitative estimate of drug-likeness (QED) is 0.708. The van der Waals surface area contributed by atoms with Gasteiger partial charge in [0.05, 0.1) is 5.54 Å². The van der Waals surface area contributed by atoms with E-state index in [9.17, 15) is 4.79 Å². The van der Waals surface area contributed by atoms with Gasteiger partial charge in [0.15, 0.2) is 0 Å². The molecule has 0 aromatic carbocycles. The zero-order valence-corrected chi connectivity index (χ0v) is 11.2. The first kappa shape index (κ1) is 12.4. The van der Waals surface area contributed by atoms with Gasteiger partial charge in [-0.1, -0.05) is 6.08 Å². The van der Waals surface area contributed by atoms with Crippen molar-refractivity contribution in [2.45, 2.75) is 38.8 Å². The third kappa shape index (κ3) is 1.66. The van der Waals surface area contributed by atoms with Crippen LogP contribution in [0.4, 0.5) is 4.79 Å². The van der Waals surface area contributed by atoms with E-state index in [0.717, 1.165) is 13.1 Å². The van der Waals surface area contributed by atoms with Gasteiger partial charge in [-0.05, 0) is 27.7 Å². The molecule has 2 atom stereocenters. The Morgan fingerprint density at radius 3 is 2.65 bits per heavy atom. The lowest BCUT2D eigenvalue weighted by atomic mass is 9.64. The van der Waals surface area contributed by atoms with Crippen molar-refractivity contribution >= 4 is 6.09 Å².